The van der Waals surface area contributed by atoms with Gasteiger partial charge in [0.1, 0.15) is 11.3 Å². The zero-order valence-corrected chi connectivity index (χ0v) is 18.3. The number of benzene rings is 3. The van der Waals surface area contributed by atoms with Crippen molar-refractivity contribution in [1.29, 1.82) is 0 Å². The summed E-state index contributed by atoms with van der Waals surface area (Å²) >= 11 is 0. The molecule has 1 amide bonds. The van der Waals surface area contributed by atoms with Gasteiger partial charge >= 0.3 is 0 Å². The molecule has 160 valence electrons. The molecule has 1 aliphatic rings. The summed E-state index contributed by atoms with van der Waals surface area (Å²) in [6.45, 7) is 6.34. The molecule has 1 aliphatic heterocycles. The first kappa shape index (κ1) is 20.1. The van der Waals surface area contributed by atoms with Crippen molar-refractivity contribution in [3.63, 3.8) is 0 Å². The summed E-state index contributed by atoms with van der Waals surface area (Å²) in [4.78, 5) is 25.6. The highest BCUT2D eigenvalue weighted by Crippen LogP contribution is 2.33. The van der Waals surface area contributed by atoms with Crippen LogP contribution in [0.2, 0.25) is 0 Å². The lowest BCUT2D eigenvalue weighted by atomic mass is 9.98. The first-order valence-corrected chi connectivity index (χ1v) is 10.7. The van der Waals surface area contributed by atoms with Crippen molar-refractivity contribution in [2.45, 2.75) is 33.4 Å². The number of amides is 1. The largest absolute Gasteiger partial charge is 0.455 e. The third kappa shape index (κ3) is 3.26. The Morgan fingerprint density at radius 1 is 1.00 bits per heavy atom. The molecule has 0 aliphatic carbocycles. The molecule has 32 heavy (non-hydrogen) atoms. The summed E-state index contributed by atoms with van der Waals surface area (Å²) in [5.41, 5.74) is 6.31. The lowest BCUT2D eigenvalue weighted by Crippen LogP contribution is -2.16. The minimum absolute atomic E-state index is 0.0257. The van der Waals surface area contributed by atoms with Gasteiger partial charge in [0.05, 0.1) is 17.0 Å². The van der Waals surface area contributed by atoms with Gasteiger partial charge in [0.2, 0.25) is 0 Å². The molecule has 3 aromatic carbocycles. The van der Waals surface area contributed by atoms with Gasteiger partial charge in [-0.25, -0.2) is 0 Å². The Morgan fingerprint density at radius 2 is 1.78 bits per heavy atom. The van der Waals surface area contributed by atoms with Crippen molar-refractivity contribution in [3.8, 4) is 11.3 Å². The lowest BCUT2D eigenvalue weighted by Gasteiger charge is -2.20. The van der Waals surface area contributed by atoms with E-state index in [9.17, 15) is 9.59 Å². The summed E-state index contributed by atoms with van der Waals surface area (Å²) in [6, 6.07) is 19.2. The van der Waals surface area contributed by atoms with Crippen LogP contribution < -0.4 is 16.1 Å². The Bertz CT molecular complexity index is 1420. The van der Waals surface area contributed by atoms with E-state index in [0.717, 1.165) is 27.9 Å². The first-order valence-electron chi connectivity index (χ1n) is 10.7. The molecular formula is C27H24N2O3. The van der Waals surface area contributed by atoms with Gasteiger partial charge in [-0.15, -0.1) is 0 Å². The highest BCUT2D eigenvalue weighted by atomic mass is 16.3. The highest BCUT2D eigenvalue weighted by Gasteiger charge is 2.24. The van der Waals surface area contributed by atoms with Crippen molar-refractivity contribution in [2.75, 3.05) is 5.32 Å². The molecule has 0 bridgehead atoms. The molecule has 0 saturated carbocycles. The molecule has 5 rings (SSSR count). The Balaban J connectivity index is 1.66. The van der Waals surface area contributed by atoms with Crippen LogP contribution in [0.15, 0.2) is 69.9 Å². The molecule has 0 fully saturated rings. The Labute approximate surface area is 186 Å². The second-order valence-corrected chi connectivity index (χ2v) is 8.37. The van der Waals surface area contributed by atoms with Crippen LogP contribution in [-0.2, 0) is 6.54 Å². The second-order valence-electron chi connectivity index (χ2n) is 8.37. The molecule has 0 spiro atoms. The van der Waals surface area contributed by atoms with Crippen molar-refractivity contribution in [2.24, 2.45) is 0 Å². The highest BCUT2D eigenvalue weighted by molar-refractivity contribution is 6.03. The van der Waals surface area contributed by atoms with Crippen molar-refractivity contribution in [1.82, 2.24) is 5.32 Å². The van der Waals surface area contributed by atoms with Crippen LogP contribution in [0.5, 0.6) is 0 Å². The Hall–Kier alpha value is -3.86. The smallest absolute Gasteiger partial charge is 0.253 e. The fourth-order valence-electron chi connectivity index (χ4n) is 4.46. The van der Waals surface area contributed by atoms with E-state index < -0.39 is 0 Å². The minimum Gasteiger partial charge on any atom is -0.455 e. The molecule has 1 aromatic heterocycles. The standard InChI is InChI=1S/C27H24N2O3/c1-15-12-20(17(3)29-22-11-7-10-19-14-28-27(31)23(19)22)26-21(13-15)24(30)16(2)25(32-26)18-8-5-4-6-9-18/h4-13,17,29H,14H2,1-3H3,(H,28,31)/t17-/m1/s1. The van der Waals surface area contributed by atoms with E-state index in [0.29, 0.717) is 34.4 Å². The summed E-state index contributed by atoms with van der Waals surface area (Å²) in [7, 11) is 0. The monoisotopic (exact) mass is 424 g/mol. The van der Waals surface area contributed by atoms with E-state index in [1.54, 1.807) is 0 Å². The zero-order chi connectivity index (χ0) is 22.4. The van der Waals surface area contributed by atoms with Crippen LogP contribution in [0.1, 0.15) is 45.6 Å². The molecular weight excluding hydrogens is 400 g/mol. The van der Waals surface area contributed by atoms with Crippen LogP contribution >= 0.6 is 0 Å². The maximum Gasteiger partial charge on any atom is 0.253 e. The zero-order valence-electron chi connectivity index (χ0n) is 18.3. The van der Waals surface area contributed by atoms with Gasteiger partial charge in [-0.05, 0) is 44.0 Å². The van der Waals surface area contributed by atoms with E-state index >= 15 is 0 Å². The SMILES string of the molecule is Cc1cc([C@@H](C)Nc2cccc3c2C(=O)NC3)c2oc(-c3ccccc3)c(C)c(=O)c2c1. The lowest BCUT2D eigenvalue weighted by molar-refractivity contribution is 0.0966. The number of carbonyl (C=O) groups is 1. The molecule has 5 nitrogen and oxygen atoms in total. The normalized spacial score (nSPS) is 13.7. The molecule has 0 saturated heterocycles. The van der Waals surface area contributed by atoms with Gasteiger partial charge in [-0.3, -0.25) is 9.59 Å². The van der Waals surface area contributed by atoms with E-state index in [1.807, 2.05) is 81.4 Å². The average molecular weight is 425 g/mol. The second kappa shape index (κ2) is 7.68. The third-order valence-corrected chi connectivity index (χ3v) is 6.08. The predicted octanol–water partition coefficient (Wildman–Crippen LogP) is 5.49. The number of hydrogen-bond acceptors (Lipinski definition) is 4. The number of hydrogen-bond donors (Lipinski definition) is 2. The van der Waals surface area contributed by atoms with Crippen molar-refractivity contribution in [3.05, 3.63) is 98.7 Å². The van der Waals surface area contributed by atoms with E-state index in [-0.39, 0.29) is 17.4 Å². The number of aryl methyl sites for hydroxylation is 1. The average Bonchev–Trinajstić information content (AvgIpc) is 3.18. The summed E-state index contributed by atoms with van der Waals surface area (Å²) < 4.78 is 6.40. The fourth-order valence-corrected chi connectivity index (χ4v) is 4.46. The van der Waals surface area contributed by atoms with E-state index in [1.165, 1.54) is 0 Å². The van der Waals surface area contributed by atoms with Crippen molar-refractivity contribution < 1.29 is 9.21 Å². The van der Waals surface area contributed by atoms with Crippen LogP contribution in [0.4, 0.5) is 5.69 Å². The maximum atomic E-state index is 13.3. The Morgan fingerprint density at radius 3 is 2.56 bits per heavy atom. The molecule has 0 unspecified atom stereocenters. The van der Waals surface area contributed by atoms with Crippen LogP contribution in [-0.4, -0.2) is 5.91 Å². The Kier molecular flexibility index (Phi) is 4.82. The quantitative estimate of drug-likeness (QED) is 0.454. The molecule has 5 heteroatoms. The summed E-state index contributed by atoms with van der Waals surface area (Å²) in [5.74, 6) is 0.512. The first-order chi connectivity index (χ1) is 15.4. The van der Waals surface area contributed by atoms with E-state index in [2.05, 4.69) is 10.6 Å². The molecule has 2 heterocycles. The topological polar surface area (TPSA) is 71.3 Å². The fraction of sp³-hybridized carbons (Fsp3) is 0.185. The molecule has 1 atom stereocenters. The van der Waals surface area contributed by atoms with Crippen LogP contribution in [0.3, 0.4) is 0 Å². The number of rotatable bonds is 4. The summed E-state index contributed by atoms with van der Waals surface area (Å²) in [6.07, 6.45) is 0. The van der Waals surface area contributed by atoms with Gasteiger partial charge in [0, 0.05) is 28.9 Å². The minimum atomic E-state index is -0.188. The molecule has 0 radical (unpaired) electrons. The van der Waals surface area contributed by atoms with Gasteiger partial charge in [-0.2, -0.15) is 0 Å². The number of carbonyl (C=O) groups excluding carboxylic acids is 1. The third-order valence-electron chi connectivity index (χ3n) is 6.08. The van der Waals surface area contributed by atoms with Crippen LogP contribution in [0, 0.1) is 13.8 Å². The van der Waals surface area contributed by atoms with Gasteiger partial charge in [0.15, 0.2) is 5.43 Å². The van der Waals surface area contributed by atoms with Crippen LogP contribution in [0.25, 0.3) is 22.3 Å². The van der Waals surface area contributed by atoms with Crippen molar-refractivity contribution >= 4 is 22.6 Å². The maximum absolute atomic E-state index is 13.3. The number of anilines is 1. The summed E-state index contributed by atoms with van der Waals surface area (Å²) in [5, 5.41) is 6.93. The number of fused-ring (bicyclic) bond motifs is 2. The molecule has 4 aromatic rings. The number of nitrogens with one attached hydrogen (secondary N) is 2. The van der Waals surface area contributed by atoms with Gasteiger partial charge < -0.3 is 15.1 Å². The van der Waals surface area contributed by atoms with E-state index in [4.69, 9.17) is 4.42 Å². The predicted molar refractivity (Wildman–Crippen MR) is 127 cm³/mol. The van der Waals surface area contributed by atoms with Gasteiger partial charge in [-0.1, -0.05) is 48.5 Å². The molecule has 2 N–H and O–H groups in total. The van der Waals surface area contributed by atoms with Gasteiger partial charge in [0.25, 0.3) is 5.91 Å².